The van der Waals surface area contributed by atoms with Gasteiger partial charge < -0.3 is 14.6 Å². The van der Waals surface area contributed by atoms with Gasteiger partial charge >= 0.3 is 5.97 Å². The van der Waals surface area contributed by atoms with E-state index in [-0.39, 0.29) is 18.3 Å². The summed E-state index contributed by atoms with van der Waals surface area (Å²) in [6.45, 7) is 5.64. The van der Waals surface area contributed by atoms with Gasteiger partial charge in [-0.1, -0.05) is 6.07 Å². The van der Waals surface area contributed by atoms with Gasteiger partial charge in [-0.15, -0.1) is 0 Å². The standard InChI is InChI=1S/C25H27N3O6/c1-14-9-17(10-21-15(2)26-27(16(21)3)13-24(29)30)22-11-20(12-23(22)25(14)33-4)34-19-7-5-18(6-8-19)28(31)32/h5-9,20H,10-13H2,1-4H3,(H,29,30). The molecule has 0 saturated carbocycles. The van der Waals surface area contributed by atoms with Crippen LogP contribution in [-0.2, 0) is 30.6 Å². The number of aryl methyl sites for hydroxylation is 2. The van der Waals surface area contributed by atoms with E-state index in [2.05, 4.69) is 11.2 Å². The number of carboxylic acid groups (broad SMARTS) is 1. The number of hydrogen-bond acceptors (Lipinski definition) is 6. The maximum absolute atomic E-state index is 11.2. The first kappa shape index (κ1) is 23.3. The number of nitro benzene ring substituents is 1. The molecule has 3 aromatic rings. The summed E-state index contributed by atoms with van der Waals surface area (Å²) in [7, 11) is 1.66. The number of carbonyl (C=O) groups is 1. The van der Waals surface area contributed by atoms with Crippen LogP contribution in [0.3, 0.4) is 0 Å². The molecule has 178 valence electrons. The minimum Gasteiger partial charge on any atom is -0.496 e. The highest BCUT2D eigenvalue weighted by Gasteiger charge is 2.30. The van der Waals surface area contributed by atoms with E-state index >= 15 is 0 Å². The molecule has 0 saturated heterocycles. The molecule has 1 aliphatic carbocycles. The normalized spacial score (nSPS) is 14.6. The Labute approximate surface area is 197 Å². The second-order valence-electron chi connectivity index (χ2n) is 8.62. The molecule has 4 rings (SSSR count). The summed E-state index contributed by atoms with van der Waals surface area (Å²) >= 11 is 0. The molecule has 1 atom stereocenters. The second-order valence-corrected chi connectivity index (χ2v) is 8.62. The van der Waals surface area contributed by atoms with Crippen LogP contribution in [0.4, 0.5) is 5.69 Å². The number of carboxylic acids is 1. The van der Waals surface area contributed by atoms with Crippen molar-refractivity contribution in [3.63, 3.8) is 0 Å². The van der Waals surface area contributed by atoms with Gasteiger partial charge in [0.15, 0.2) is 0 Å². The zero-order valence-electron chi connectivity index (χ0n) is 19.6. The van der Waals surface area contributed by atoms with Crippen molar-refractivity contribution in [2.45, 2.75) is 52.7 Å². The largest absolute Gasteiger partial charge is 0.496 e. The van der Waals surface area contributed by atoms with Crippen LogP contribution in [0.2, 0.25) is 0 Å². The van der Waals surface area contributed by atoms with E-state index in [1.165, 1.54) is 22.4 Å². The lowest BCUT2D eigenvalue weighted by Gasteiger charge is -2.15. The van der Waals surface area contributed by atoms with Crippen LogP contribution in [0, 0.1) is 30.9 Å². The average molecular weight is 466 g/mol. The first-order valence-electron chi connectivity index (χ1n) is 11.0. The molecule has 0 amide bonds. The summed E-state index contributed by atoms with van der Waals surface area (Å²) in [5.74, 6) is 0.510. The summed E-state index contributed by atoms with van der Waals surface area (Å²) in [4.78, 5) is 21.7. The van der Waals surface area contributed by atoms with E-state index in [0.717, 1.165) is 39.4 Å². The number of aliphatic carboxylic acids is 1. The number of ether oxygens (including phenoxy) is 2. The smallest absolute Gasteiger partial charge is 0.325 e. The molecule has 1 aromatic heterocycles. The fraction of sp³-hybridized carbons (Fsp3) is 0.360. The molecule has 34 heavy (non-hydrogen) atoms. The molecule has 0 fully saturated rings. The van der Waals surface area contributed by atoms with Gasteiger partial charge in [-0.2, -0.15) is 5.10 Å². The Morgan fingerprint density at radius 3 is 2.50 bits per heavy atom. The molecule has 1 heterocycles. The molecule has 0 spiro atoms. The number of nitrogens with zero attached hydrogens (tertiary/aromatic N) is 3. The minimum atomic E-state index is -0.926. The van der Waals surface area contributed by atoms with E-state index < -0.39 is 10.9 Å². The van der Waals surface area contributed by atoms with Crippen LogP contribution in [0.1, 0.15) is 39.2 Å². The van der Waals surface area contributed by atoms with Gasteiger partial charge in [0.25, 0.3) is 5.69 Å². The Hall–Kier alpha value is -3.88. The zero-order chi connectivity index (χ0) is 24.6. The van der Waals surface area contributed by atoms with Crippen molar-refractivity contribution >= 4 is 11.7 Å². The second kappa shape index (κ2) is 9.17. The monoisotopic (exact) mass is 465 g/mol. The average Bonchev–Trinajstić information content (AvgIpc) is 3.30. The van der Waals surface area contributed by atoms with Crippen LogP contribution < -0.4 is 9.47 Å². The van der Waals surface area contributed by atoms with Crippen molar-refractivity contribution in [2.24, 2.45) is 0 Å². The third-order valence-corrected chi connectivity index (χ3v) is 6.38. The first-order valence-corrected chi connectivity index (χ1v) is 11.0. The Kier molecular flexibility index (Phi) is 6.28. The highest BCUT2D eigenvalue weighted by atomic mass is 16.6. The van der Waals surface area contributed by atoms with Gasteiger partial charge in [-0.25, -0.2) is 0 Å². The number of rotatable bonds is 8. The van der Waals surface area contributed by atoms with Gasteiger partial charge in [0.1, 0.15) is 24.1 Å². The first-order chi connectivity index (χ1) is 16.2. The van der Waals surface area contributed by atoms with Crippen LogP contribution in [-0.4, -0.2) is 39.0 Å². The zero-order valence-corrected chi connectivity index (χ0v) is 19.6. The maximum atomic E-state index is 11.2. The van der Waals surface area contributed by atoms with Gasteiger partial charge in [0, 0.05) is 48.2 Å². The Morgan fingerprint density at radius 2 is 1.88 bits per heavy atom. The quantitative estimate of drug-likeness (QED) is 0.395. The van der Waals surface area contributed by atoms with E-state index in [1.807, 2.05) is 20.8 Å². The fourth-order valence-electron chi connectivity index (χ4n) is 4.81. The van der Waals surface area contributed by atoms with Crippen molar-refractivity contribution in [3.05, 3.63) is 79.7 Å². The highest BCUT2D eigenvalue weighted by molar-refractivity contribution is 5.66. The Balaban J connectivity index is 1.63. The van der Waals surface area contributed by atoms with Gasteiger partial charge in [0.2, 0.25) is 0 Å². The summed E-state index contributed by atoms with van der Waals surface area (Å²) in [5.41, 5.74) is 7.15. The summed E-state index contributed by atoms with van der Waals surface area (Å²) in [6.07, 6.45) is 1.86. The highest BCUT2D eigenvalue weighted by Crippen LogP contribution is 2.39. The topological polar surface area (TPSA) is 117 Å². The lowest BCUT2D eigenvalue weighted by molar-refractivity contribution is -0.384. The molecule has 1 N–H and O–H groups in total. The molecule has 0 bridgehead atoms. The van der Waals surface area contributed by atoms with Crippen LogP contribution in [0.5, 0.6) is 11.5 Å². The van der Waals surface area contributed by atoms with E-state index in [1.54, 1.807) is 19.2 Å². The molecule has 0 aliphatic heterocycles. The van der Waals surface area contributed by atoms with E-state index in [9.17, 15) is 20.0 Å². The number of fused-ring (bicyclic) bond motifs is 1. The third-order valence-electron chi connectivity index (χ3n) is 6.38. The third kappa shape index (κ3) is 4.46. The molecule has 9 heteroatoms. The number of non-ortho nitro benzene ring substituents is 1. The van der Waals surface area contributed by atoms with Crippen molar-refractivity contribution in [2.75, 3.05) is 7.11 Å². The number of nitro groups is 1. The predicted molar refractivity (Wildman–Crippen MR) is 125 cm³/mol. The molecular weight excluding hydrogens is 438 g/mol. The molecule has 1 aliphatic rings. The Bertz CT molecular complexity index is 1260. The van der Waals surface area contributed by atoms with Gasteiger partial charge in [-0.3, -0.25) is 19.6 Å². The Morgan fingerprint density at radius 1 is 1.21 bits per heavy atom. The van der Waals surface area contributed by atoms with Crippen LogP contribution in [0.25, 0.3) is 0 Å². The van der Waals surface area contributed by atoms with Crippen molar-refractivity contribution in [3.8, 4) is 11.5 Å². The summed E-state index contributed by atoms with van der Waals surface area (Å²) < 4.78 is 13.4. The predicted octanol–water partition coefficient (Wildman–Crippen LogP) is 3.95. The maximum Gasteiger partial charge on any atom is 0.325 e. The SMILES string of the molecule is COc1c(C)cc(Cc2c(C)nn(CC(=O)O)c2C)c2c1CC(Oc1ccc([N+](=O)[O-])cc1)C2. The number of aromatic nitrogens is 2. The lowest BCUT2D eigenvalue weighted by Crippen LogP contribution is -2.16. The summed E-state index contributed by atoms with van der Waals surface area (Å²) in [5, 5.41) is 24.5. The van der Waals surface area contributed by atoms with E-state index in [4.69, 9.17) is 9.47 Å². The van der Waals surface area contributed by atoms with Crippen LogP contribution in [0.15, 0.2) is 30.3 Å². The molecule has 9 nitrogen and oxygen atoms in total. The van der Waals surface area contributed by atoms with Gasteiger partial charge in [-0.05, 0) is 49.6 Å². The number of hydrogen-bond donors (Lipinski definition) is 1. The molecule has 0 radical (unpaired) electrons. The van der Waals surface area contributed by atoms with Crippen molar-refractivity contribution < 1.29 is 24.3 Å². The van der Waals surface area contributed by atoms with Crippen molar-refractivity contribution in [1.29, 1.82) is 0 Å². The van der Waals surface area contributed by atoms with E-state index in [0.29, 0.717) is 25.0 Å². The number of methoxy groups -OCH3 is 1. The van der Waals surface area contributed by atoms with Gasteiger partial charge in [0.05, 0.1) is 17.7 Å². The molecular formula is C25H27N3O6. The minimum absolute atomic E-state index is 0.0239. The fourth-order valence-corrected chi connectivity index (χ4v) is 4.81. The molecule has 1 unspecified atom stereocenters. The number of benzene rings is 2. The summed E-state index contributed by atoms with van der Waals surface area (Å²) in [6, 6.07) is 8.24. The lowest BCUT2D eigenvalue weighted by atomic mass is 9.93. The molecule has 2 aromatic carbocycles. The van der Waals surface area contributed by atoms with Crippen molar-refractivity contribution in [1.82, 2.24) is 9.78 Å². The van der Waals surface area contributed by atoms with Crippen LogP contribution >= 0.6 is 0 Å².